The largest absolute Gasteiger partial charge is 0.396 e. The molecule has 17 heavy (non-hydrogen) atoms. The maximum Gasteiger partial charge on any atom is 0.239 e. The second-order valence-electron chi connectivity index (χ2n) is 4.50. The Bertz CT molecular complexity index is 284. The molecule has 1 saturated heterocycles. The molecule has 98 valence electrons. The van der Waals surface area contributed by atoms with E-state index in [-0.39, 0.29) is 36.9 Å². The molecule has 6 heteroatoms. The number of nitrogens with zero attached hydrogens (tertiary/aromatic N) is 1. The van der Waals surface area contributed by atoms with Gasteiger partial charge >= 0.3 is 0 Å². The first-order valence-electron chi connectivity index (χ1n) is 5.80. The molecule has 0 aromatic carbocycles. The molecule has 2 N–H and O–H groups in total. The van der Waals surface area contributed by atoms with Crippen LogP contribution in [0.3, 0.4) is 0 Å². The summed E-state index contributed by atoms with van der Waals surface area (Å²) in [6.45, 7) is 4.18. The average Bonchev–Trinajstić information content (AvgIpc) is 2.63. The van der Waals surface area contributed by atoms with Crippen LogP contribution in [0.2, 0.25) is 0 Å². The molecule has 0 aromatic heterocycles. The van der Waals surface area contributed by atoms with E-state index < -0.39 is 0 Å². The topological polar surface area (TPSA) is 69.6 Å². The summed E-state index contributed by atoms with van der Waals surface area (Å²) in [6, 6.07) is -0.0298. The third-order valence-electron chi connectivity index (χ3n) is 2.75. The predicted molar refractivity (Wildman–Crippen MR) is 67.5 cm³/mol. The number of amides is 2. The molecule has 0 aliphatic carbocycles. The Kier molecular flexibility index (Phi) is 5.77. The van der Waals surface area contributed by atoms with Crippen LogP contribution in [0.5, 0.6) is 0 Å². The molecule has 0 radical (unpaired) electrons. The normalized spacial score (nSPS) is 17.6. The van der Waals surface area contributed by atoms with Crippen LogP contribution in [0, 0.1) is 5.92 Å². The van der Waals surface area contributed by atoms with Gasteiger partial charge in [-0.1, -0.05) is 13.8 Å². The Hall–Kier alpha value is -0.750. The molecule has 0 bridgehead atoms. The lowest BCUT2D eigenvalue weighted by atomic mass is 10.0. The Morgan fingerprint density at radius 3 is 2.76 bits per heavy atom. The quantitative estimate of drug-likeness (QED) is 0.707. The summed E-state index contributed by atoms with van der Waals surface area (Å²) in [5, 5.41) is 11.8. The average molecular weight is 260 g/mol. The van der Waals surface area contributed by atoms with Crippen LogP contribution in [0.1, 0.15) is 20.3 Å². The zero-order valence-electron chi connectivity index (χ0n) is 10.3. The van der Waals surface area contributed by atoms with Crippen molar-refractivity contribution in [2.45, 2.75) is 26.3 Å². The number of aliphatic hydroxyl groups is 1. The van der Waals surface area contributed by atoms with Gasteiger partial charge in [-0.15, -0.1) is 11.8 Å². The summed E-state index contributed by atoms with van der Waals surface area (Å²) in [5.74, 6) is 1.21. The summed E-state index contributed by atoms with van der Waals surface area (Å²) < 4.78 is 0. The first kappa shape index (κ1) is 14.3. The van der Waals surface area contributed by atoms with E-state index in [1.165, 1.54) is 11.8 Å². The van der Waals surface area contributed by atoms with Gasteiger partial charge in [0, 0.05) is 12.6 Å². The molecule has 1 aliphatic heterocycles. The van der Waals surface area contributed by atoms with E-state index in [1.807, 2.05) is 13.8 Å². The smallest absolute Gasteiger partial charge is 0.239 e. The molecule has 1 aliphatic rings. The van der Waals surface area contributed by atoms with Crippen LogP contribution >= 0.6 is 11.8 Å². The van der Waals surface area contributed by atoms with Gasteiger partial charge in [-0.25, -0.2) is 0 Å². The van der Waals surface area contributed by atoms with E-state index in [2.05, 4.69) is 5.32 Å². The minimum absolute atomic E-state index is 0.0217. The van der Waals surface area contributed by atoms with E-state index in [4.69, 9.17) is 5.11 Å². The maximum atomic E-state index is 11.7. The van der Waals surface area contributed by atoms with Gasteiger partial charge in [0.2, 0.25) is 11.8 Å². The van der Waals surface area contributed by atoms with Gasteiger partial charge in [0.15, 0.2) is 0 Å². The minimum Gasteiger partial charge on any atom is -0.396 e. The van der Waals surface area contributed by atoms with E-state index in [0.29, 0.717) is 18.1 Å². The van der Waals surface area contributed by atoms with Gasteiger partial charge in [-0.2, -0.15) is 0 Å². The lowest BCUT2D eigenvalue weighted by Crippen LogP contribution is -2.45. The number of thioether (sulfide) groups is 1. The number of hydrogen-bond donors (Lipinski definition) is 2. The van der Waals surface area contributed by atoms with Crippen molar-refractivity contribution in [2.75, 3.05) is 24.8 Å². The third kappa shape index (κ3) is 4.55. The van der Waals surface area contributed by atoms with E-state index >= 15 is 0 Å². The van der Waals surface area contributed by atoms with Crippen LogP contribution < -0.4 is 5.32 Å². The van der Waals surface area contributed by atoms with Crippen molar-refractivity contribution < 1.29 is 14.7 Å². The molecule has 1 rings (SSSR count). The van der Waals surface area contributed by atoms with Gasteiger partial charge in [0.05, 0.1) is 11.6 Å². The number of hydrogen-bond acceptors (Lipinski definition) is 4. The van der Waals surface area contributed by atoms with Crippen molar-refractivity contribution in [2.24, 2.45) is 5.92 Å². The summed E-state index contributed by atoms with van der Waals surface area (Å²) in [4.78, 5) is 24.6. The first-order valence-corrected chi connectivity index (χ1v) is 6.95. The zero-order chi connectivity index (χ0) is 12.8. The molecule has 1 unspecified atom stereocenters. The molecule has 1 heterocycles. The molecular formula is C11H20N2O3S. The van der Waals surface area contributed by atoms with Gasteiger partial charge in [-0.3, -0.25) is 9.59 Å². The highest BCUT2D eigenvalue weighted by Crippen LogP contribution is 2.14. The number of carbonyl (C=O) groups is 2. The summed E-state index contributed by atoms with van der Waals surface area (Å²) in [7, 11) is 0. The Morgan fingerprint density at radius 1 is 1.59 bits per heavy atom. The van der Waals surface area contributed by atoms with Crippen molar-refractivity contribution in [3.63, 3.8) is 0 Å². The fourth-order valence-corrected chi connectivity index (χ4v) is 2.58. The Balaban J connectivity index is 2.39. The van der Waals surface area contributed by atoms with Gasteiger partial charge in [0.1, 0.15) is 6.54 Å². The van der Waals surface area contributed by atoms with Gasteiger partial charge in [0.25, 0.3) is 0 Å². The maximum absolute atomic E-state index is 11.7. The van der Waals surface area contributed by atoms with Crippen LogP contribution in [-0.2, 0) is 9.59 Å². The number of carbonyl (C=O) groups excluding carboxylic acids is 2. The Labute approximate surface area is 106 Å². The molecule has 0 aromatic rings. The molecule has 5 nitrogen and oxygen atoms in total. The van der Waals surface area contributed by atoms with Crippen molar-refractivity contribution in [1.82, 2.24) is 10.2 Å². The minimum atomic E-state index is -0.145. The highest BCUT2D eigenvalue weighted by atomic mass is 32.2. The van der Waals surface area contributed by atoms with E-state index in [1.54, 1.807) is 4.90 Å². The van der Waals surface area contributed by atoms with Crippen LogP contribution in [-0.4, -0.2) is 52.6 Å². The number of nitrogens with one attached hydrogen (secondary N) is 1. The zero-order valence-corrected chi connectivity index (χ0v) is 11.1. The summed E-state index contributed by atoms with van der Waals surface area (Å²) in [6.07, 6.45) is 0.548. The molecule has 2 amide bonds. The lowest BCUT2D eigenvalue weighted by molar-refractivity contribution is -0.132. The van der Waals surface area contributed by atoms with Gasteiger partial charge in [-0.05, 0) is 12.3 Å². The lowest BCUT2D eigenvalue weighted by Gasteiger charge is -2.23. The predicted octanol–water partition coefficient (Wildman–Crippen LogP) is 0.0425. The third-order valence-corrected chi connectivity index (χ3v) is 3.70. The fraction of sp³-hybridized carbons (Fsp3) is 0.818. The highest BCUT2D eigenvalue weighted by Gasteiger charge is 2.24. The number of aliphatic hydroxyl groups excluding tert-OH is 1. The molecular weight excluding hydrogens is 240 g/mol. The monoisotopic (exact) mass is 260 g/mol. The molecule has 0 spiro atoms. The van der Waals surface area contributed by atoms with Crippen LogP contribution in [0.25, 0.3) is 0 Å². The molecule has 0 saturated carbocycles. The van der Waals surface area contributed by atoms with Gasteiger partial charge < -0.3 is 15.3 Å². The summed E-state index contributed by atoms with van der Waals surface area (Å²) >= 11 is 1.52. The van der Waals surface area contributed by atoms with E-state index in [9.17, 15) is 9.59 Å². The molecule has 1 fully saturated rings. The van der Waals surface area contributed by atoms with Crippen molar-refractivity contribution >= 4 is 23.6 Å². The second kappa shape index (κ2) is 6.86. The van der Waals surface area contributed by atoms with Crippen molar-refractivity contribution in [3.05, 3.63) is 0 Å². The Morgan fingerprint density at radius 2 is 2.29 bits per heavy atom. The van der Waals surface area contributed by atoms with Crippen molar-refractivity contribution in [1.29, 1.82) is 0 Å². The second-order valence-corrected chi connectivity index (χ2v) is 5.45. The van der Waals surface area contributed by atoms with Crippen LogP contribution in [0.15, 0.2) is 0 Å². The SMILES string of the molecule is CC(C)C(CCO)NC(=O)CN1CSCC1=O. The van der Waals surface area contributed by atoms with Crippen molar-refractivity contribution in [3.8, 4) is 0 Å². The first-order chi connectivity index (χ1) is 8.04. The fourth-order valence-electron chi connectivity index (χ4n) is 1.68. The standard InChI is InChI=1S/C11H20N2O3S/c1-8(2)9(3-4-14)12-10(15)5-13-7-17-6-11(13)16/h8-9,14H,3-7H2,1-2H3,(H,12,15). The summed E-state index contributed by atoms with van der Waals surface area (Å²) in [5.41, 5.74) is 0. The van der Waals surface area contributed by atoms with E-state index in [0.717, 1.165) is 0 Å². The molecule has 1 atom stereocenters. The van der Waals surface area contributed by atoms with Crippen LogP contribution in [0.4, 0.5) is 0 Å². The highest BCUT2D eigenvalue weighted by molar-refractivity contribution is 8.00. The number of rotatable bonds is 6.